The van der Waals surface area contributed by atoms with Gasteiger partial charge in [-0.05, 0) is 19.4 Å². The molecule has 0 aromatic carbocycles. The molecule has 0 unspecified atom stereocenters. The number of thiophene rings is 1. The van der Waals surface area contributed by atoms with Crippen molar-refractivity contribution in [3.05, 3.63) is 20.6 Å². The number of aryl methyl sites for hydroxylation is 1. The molecule has 0 aliphatic heterocycles. The van der Waals surface area contributed by atoms with E-state index in [1.165, 1.54) is 0 Å². The van der Waals surface area contributed by atoms with Crippen LogP contribution >= 0.6 is 22.9 Å². The standard InChI is InChI=1S/C6H6ClFS/c1-3-4(2)9-6(8)5(3)7/h1-2H3. The first-order chi connectivity index (χ1) is 4.13. The van der Waals surface area contributed by atoms with Crippen molar-refractivity contribution >= 4 is 22.9 Å². The molecule has 3 heteroatoms. The quantitative estimate of drug-likeness (QED) is 0.553. The summed E-state index contributed by atoms with van der Waals surface area (Å²) in [5.74, 6) is 0. The Balaban J connectivity index is 3.29. The fraction of sp³-hybridized carbons (Fsp3) is 0.333. The predicted molar refractivity (Wildman–Crippen MR) is 38.8 cm³/mol. The van der Waals surface area contributed by atoms with Crippen molar-refractivity contribution in [1.29, 1.82) is 0 Å². The summed E-state index contributed by atoms with van der Waals surface area (Å²) >= 11 is 6.63. The van der Waals surface area contributed by atoms with Gasteiger partial charge >= 0.3 is 0 Å². The van der Waals surface area contributed by atoms with Gasteiger partial charge in [0, 0.05) is 4.88 Å². The summed E-state index contributed by atoms with van der Waals surface area (Å²) in [6.45, 7) is 3.67. The minimum atomic E-state index is -0.272. The van der Waals surface area contributed by atoms with E-state index in [0.717, 1.165) is 21.8 Å². The van der Waals surface area contributed by atoms with Crippen LogP contribution in [-0.4, -0.2) is 0 Å². The monoisotopic (exact) mass is 164 g/mol. The van der Waals surface area contributed by atoms with Crippen LogP contribution in [0.2, 0.25) is 5.02 Å². The van der Waals surface area contributed by atoms with E-state index >= 15 is 0 Å². The maximum Gasteiger partial charge on any atom is 0.195 e. The van der Waals surface area contributed by atoms with Gasteiger partial charge in [0.1, 0.15) is 0 Å². The summed E-state index contributed by atoms with van der Waals surface area (Å²) in [4.78, 5) is 0.956. The van der Waals surface area contributed by atoms with Crippen molar-refractivity contribution in [1.82, 2.24) is 0 Å². The zero-order chi connectivity index (χ0) is 7.02. The van der Waals surface area contributed by atoms with E-state index in [-0.39, 0.29) is 10.2 Å². The molecule has 0 saturated carbocycles. The summed E-state index contributed by atoms with van der Waals surface area (Å²) in [5.41, 5.74) is 0.860. The Kier molecular flexibility index (Phi) is 1.78. The molecule has 0 N–H and O–H groups in total. The molecule has 0 radical (unpaired) electrons. The van der Waals surface area contributed by atoms with Gasteiger partial charge in [-0.15, -0.1) is 11.3 Å². The lowest BCUT2D eigenvalue weighted by molar-refractivity contribution is 0.657. The van der Waals surface area contributed by atoms with Crippen LogP contribution in [0.1, 0.15) is 10.4 Å². The highest BCUT2D eigenvalue weighted by atomic mass is 35.5. The third kappa shape index (κ3) is 1.10. The van der Waals surface area contributed by atoms with E-state index in [0.29, 0.717) is 0 Å². The van der Waals surface area contributed by atoms with E-state index in [4.69, 9.17) is 11.6 Å². The van der Waals surface area contributed by atoms with Crippen molar-refractivity contribution in [2.75, 3.05) is 0 Å². The minimum Gasteiger partial charge on any atom is -0.193 e. The molecule has 0 bridgehead atoms. The van der Waals surface area contributed by atoms with Gasteiger partial charge in [-0.2, -0.15) is 4.39 Å². The highest BCUT2D eigenvalue weighted by Crippen LogP contribution is 2.29. The third-order valence-corrected chi connectivity index (χ3v) is 2.83. The fourth-order valence-electron chi connectivity index (χ4n) is 0.558. The molecular weight excluding hydrogens is 159 g/mol. The normalized spacial score (nSPS) is 10.2. The smallest absolute Gasteiger partial charge is 0.193 e. The molecule has 1 rings (SSSR count). The molecule has 0 saturated heterocycles. The van der Waals surface area contributed by atoms with Crippen LogP contribution in [0.4, 0.5) is 4.39 Å². The van der Waals surface area contributed by atoms with Crippen molar-refractivity contribution < 1.29 is 4.39 Å². The molecule has 0 spiro atoms. The summed E-state index contributed by atoms with van der Waals surface area (Å²) in [7, 11) is 0. The van der Waals surface area contributed by atoms with Gasteiger partial charge in [0.25, 0.3) is 0 Å². The second kappa shape index (κ2) is 2.27. The molecule has 0 fully saturated rings. The van der Waals surface area contributed by atoms with Crippen LogP contribution < -0.4 is 0 Å². The number of rotatable bonds is 0. The van der Waals surface area contributed by atoms with E-state index in [2.05, 4.69) is 0 Å². The Morgan fingerprint density at radius 1 is 1.44 bits per heavy atom. The van der Waals surface area contributed by atoms with Crippen molar-refractivity contribution in [2.45, 2.75) is 13.8 Å². The van der Waals surface area contributed by atoms with Crippen molar-refractivity contribution in [2.24, 2.45) is 0 Å². The van der Waals surface area contributed by atoms with Gasteiger partial charge in [0.05, 0.1) is 5.02 Å². The zero-order valence-electron chi connectivity index (χ0n) is 5.16. The highest BCUT2D eigenvalue weighted by molar-refractivity contribution is 7.11. The van der Waals surface area contributed by atoms with E-state index in [1.54, 1.807) is 0 Å². The van der Waals surface area contributed by atoms with Gasteiger partial charge in [-0.3, -0.25) is 0 Å². The Morgan fingerprint density at radius 2 is 2.00 bits per heavy atom. The van der Waals surface area contributed by atoms with E-state index in [1.807, 2.05) is 13.8 Å². The number of hydrogen-bond acceptors (Lipinski definition) is 1. The van der Waals surface area contributed by atoms with Crippen LogP contribution in [0.25, 0.3) is 0 Å². The number of halogens is 2. The fourth-order valence-corrected chi connectivity index (χ4v) is 1.64. The molecule has 50 valence electrons. The SMILES string of the molecule is Cc1sc(F)c(Cl)c1C. The average molecular weight is 165 g/mol. The predicted octanol–water partition coefficient (Wildman–Crippen LogP) is 3.16. The van der Waals surface area contributed by atoms with E-state index in [9.17, 15) is 4.39 Å². The first-order valence-corrected chi connectivity index (χ1v) is 3.73. The summed E-state index contributed by atoms with van der Waals surface area (Å²) in [6.07, 6.45) is 0. The van der Waals surface area contributed by atoms with Gasteiger partial charge in [-0.1, -0.05) is 11.6 Å². The van der Waals surface area contributed by atoms with Crippen LogP contribution in [0.3, 0.4) is 0 Å². The lowest BCUT2D eigenvalue weighted by Crippen LogP contribution is -1.68. The molecule has 1 aromatic heterocycles. The molecule has 0 amide bonds. The topological polar surface area (TPSA) is 0 Å². The van der Waals surface area contributed by atoms with Crippen molar-refractivity contribution in [3.63, 3.8) is 0 Å². The Morgan fingerprint density at radius 3 is 2.11 bits per heavy atom. The second-order valence-corrected chi connectivity index (χ2v) is 3.42. The molecular formula is C6H6ClFS. The molecule has 0 atom stereocenters. The molecule has 0 aliphatic carbocycles. The van der Waals surface area contributed by atoms with Crippen LogP contribution in [-0.2, 0) is 0 Å². The van der Waals surface area contributed by atoms with Gasteiger partial charge in [0.2, 0.25) is 0 Å². The number of hydrogen-bond donors (Lipinski definition) is 0. The highest BCUT2D eigenvalue weighted by Gasteiger charge is 2.08. The lowest BCUT2D eigenvalue weighted by Gasteiger charge is -1.84. The summed E-state index contributed by atoms with van der Waals surface area (Å²) < 4.78 is 12.5. The Bertz CT molecular complexity index is 207. The minimum absolute atomic E-state index is 0.272. The zero-order valence-corrected chi connectivity index (χ0v) is 6.74. The van der Waals surface area contributed by atoms with Crippen LogP contribution in [0, 0.1) is 19.0 Å². The molecule has 0 aliphatic rings. The Hall–Kier alpha value is -0.0800. The summed E-state index contributed by atoms with van der Waals surface area (Å²) in [6, 6.07) is 0. The molecule has 1 heterocycles. The molecule has 9 heavy (non-hydrogen) atoms. The maximum atomic E-state index is 12.5. The first-order valence-electron chi connectivity index (χ1n) is 2.54. The average Bonchev–Trinajstić information content (AvgIpc) is 1.98. The molecule has 1 aromatic rings. The van der Waals surface area contributed by atoms with Crippen molar-refractivity contribution in [3.8, 4) is 0 Å². The first kappa shape index (κ1) is 7.03. The lowest BCUT2D eigenvalue weighted by atomic mass is 10.3. The summed E-state index contributed by atoms with van der Waals surface area (Å²) in [5, 5.41) is 0.00386. The largest absolute Gasteiger partial charge is 0.195 e. The Labute approximate surface area is 62.3 Å². The van der Waals surface area contributed by atoms with Gasteiger partial charge < -0.3 is 0 Å². The molecule has 0 nitrogen and oxygen atoms in total. The van der Waals surface area contributed by atoms with E-state index < -0.39 is 0 Å². The second-order valence-electron chi connectivity index (χ2n) is 1.87. The maximum absolute atomic E-state index is 12.5. The van der Waals surface area contributed by atoms with Gasteiger partial charge in [0.15, 0.2) is 5.13 Å². The van der Waals surface area contributed by atoms with Crippen LogP contribution in [0.15, 0.2) is 0 Å². The third-order valence-electron chi connectivity index (χ3n) is 1.27. The van der Waals surface area contributed by atoms with Gasteiger partial charge in [-0.25, -0.2) is 0 Å². The van der Waals surface area contributed by atoms with Crippen LogP contribution in [0.5, 0.6) is 0 Å².